The fourth-order valence-corrected chi connectivity index (χ4v) is 4.09. The summed E-state index contributed by atoms with van der Waals surface area (Å²) in [4.78, 5) is 12.4. The van der Waals surface area contributed by atoms with E-state index in [-0.39, 0.29) is 17.5 Å². The minimum atomic E-state index is -0.380. The van der Waals surface area contributed by atoms with Crippen LogP contribution in [-0.4, -0.2) is 40.1 Å². The Bertz CT molecular complexity index is 1210. The molecule has 33 heavy (non-hydrogen) atoms. The molecule has 1 heterocycles. The van der Waals surface area contributed by atoms with Crippen molar-refractivity contribution < 1.29 is 13.9 Å². The first-order valence-corrected chi connectivity index (χ1v) is 11.4. The van der Waals surface area contributed by atoms with Crippen molar-refractivity contribution in [1.82, 2.24) is 20.1 Å². The fourth-order valence-electron chi connectivity index (χ4n) is 3.31. The number of nitrogens with zero attached hydrogens (tertiary/aromatic N) is 3. The number of carbonyl (C=O) groups is 1. The fraction of sp³-hybridized carbons (Fsp3) is 0.160. The van der Waals surface area contributed by atoms with Gasteiger partial charge in [0.15, 0.2) is 11.0 Å². The number of ether oxygens (including phenoxy) is 1. The molecule has 0 saturated carbocycles. The zero-order chi connectivity index (χ0) is 23.0. The third-order valence-electron chi connectivity index (χ3n) is 4.99. The maximum absolute atomic E-state index is 14.5. The molecule has 0 spiro atoms. The Kier molecular flexibility index (Phi) is 7.36. The van der Waals surface area contributed by atoms with E-state index in [9.17, 15) is 9.18 Å². The Labute approximate surface area is 195 Å². The van der Waals surface area contributed by atoms with Gasteiger partial charge in [0.2, 0.25) is 5.91 Å². The van der Waals surface area contributed by atoms with E-state index in [1.165, 1.54) is 17.8 Å². The number of halogens is 1. The van der Waals surface area contributed by atoms with Crippen molar-refractivity contribution in [1.29, 1.82) is 0 Å². The second-order valence-corrected chi connectivity index (χ2v) is 8.14. The van der Waals surface area contributed by atoms with Gasteiger partial charge in [0.1, 0.15) is 11.6 Å². The predicted molar refractivity (Wildman–Crippen MR) is 127 cm³/mol. The molecule has 168 valence electrons. The van der Waals surface area contributed by atoms with Gasteiger partial charge < -0.3 is 10.1 Å². The van der Waals surface area contributed by atoms with Gasteiger partial charge >= 0.3 is 0 Å². The molecule has 0 saturated heterocycles. The standard InChI is InChI=1S/C25H23FN4O2S/c1-32-20-13-11-18(12-14-20)15-16-27-23(31)17-33-25-29-28-24(21-9-5-6-10-22(21)26)30(25)19-7-3-2-4-8-19/h2-14H,15-17H2,1H3,(H,27,31). The van der Waals surface area contributed by atoms with Crippen LogP contribution in [0.1, 0.15) is 5.56 Å². The highest BCUT2D eigenvalue weighted by Crippen LogP contribution is 2.29. The number of hydrogen-bond acceptors (Lipinski definition) is 5. The lowest BCUT2D eigenvalue weighted by molar-refractivity contribution is -0.118. The molecule has 3 aromatic carbocycles. The number of hydrogen-bond donors (Lipinski definition) is 1. The van der Waals surface area contributed by atoms with Crippen molar-refractivity contribution in [2.24, 2.45) is 0 Å². The van der Waals surface area contributed by atoms with Gasteiger partial charge in [-0.3, -0.25) is 9.36 Å². The van der Waals surface area contributed by atoms with Gasteiger partial charge in [0, 0.05) is 12.2 Å². The Morgan fingerprint density at radius 1 is 1.00 bits per heavy atom. The molecule has 8 heteroatoms. The summed E-state index contributed by atoms with van der Waals surface area (Å²) in [7, 11) is 1.63. The molecule has 4 aromatic rings. The normalized spacial score (nSPS) is 10.7. The van der Waals surface area contributed by atoms with Gasteiger partial charge in [0.05, 0.1) is 18.4 Å². The van der Waals surface area contributed by atoms with Gasteiger partial charge in [-0.05, 0) is 48.4 Å². The van der Waals surface area contributed by atoms with E-state index in [1.54, 1.807) is 29.9 Å². The Morgan fingerprint density at radius 3 is 2.45 bits per heavy atom. The number of amides is 1. The highest BCUT2D eigenvalue weighted by atomic mass is 32.2. The van der Waals surface area contributed by atoms with E-state index in [0.29, 0.717) is 23.1 Å². The lowest BCUT2D eigenvalue weighted by Crippen LogP contribution is -2.27. The van der Waals surface area contributed by atoms with E-state index in [4.69, 9.17) is 4.74 Å². The molecule has 1 amide bonds. The summed E-state index contributed by atoms with van der Waals surface area (Å²) in [6.45, 7) is 0.525. The van der Waals surface area contributed by atoms with Crippen molar-refractivity contribution in [3.8, 4) is 22.8 Å². The second-order valence-electron chi connectivity index (χ2n) is 7.19. The molecule has 0 atom stereocenters. The Balaban J connectivity index is 1.43. The summed E-state index contributed by atoms with van der Waals surface area (Å²) in [5, 5.41) is 11.9. The first kappa shape index (κ1) is 22.5. The number of methoxy groups -OCH3 is 1. The molecule has 0 bridgehead atoms. The monoisotopic (exact) mass is 462 g/mol. The lowest BCUT2D eigenvalue weighted by Gasteiger charge is -2.11. The smallest absolute Gasteiger partial charge is 0.230 e. The molecule has 0 aliphatic heterocycles. The van der Waals surface area contributed by atoms with E-state index in [2.05, 4.69) is 15.5 Å². The van der Waals surface area contributed by atoms with Gasteiger partial charge in [-0.1, -0.05) is 54.2 Å². The Hall–Kier alpha value is -3.65. The first-order valence-electron chi connectivity index (χ1n) is 10.4. The number of benzene rings is 3. The van der Waals surface area contributed by atoms with Crippen LogP contribution in [0.5, 0.6) is 5.75 Å². The molecular weight excluding hydrogens is 439 g/mol. The minimum absolute atomic E-state index is 0.108. The number of carbonyl (C=O) groups excluding carboxylic acids is 1. The molecule has 1 aromatic heterocycles. The molecule has 6 nitrogen and oxygen atoms in total. The van der Waals surface area contributed by atoms with Crippen LogP contribution >= 0.6 is 11.8 Å². The van der Waals surface area contributed by atoms with Gasteiger partial charge in [0.25, 0.3) is 0 Å². The molecule has 4 rings (SSSR count). The summed E-state index contributed by atoms with van der Waals surface area (Å²) < 4.78 is 21.4. The maximum atomic E-state index is 14.5. The quantitative estimate of drug-likeness (QED) is 0.370. The van der Waals surface area contributed by atoms with Crippen LogP contribution < -0.4 is 10.1 Å². The summed E-state index contributed by atoms with van der Waals surface area (Å²) in [5.74, 6) is 0.877. The Morgan fingerprint density at radius 2 is 1.73 bits per heavy atom. The number of aromatic nitrogens is 3. The van der Waals surface area contributed by atoms with E-state index < -0.39 is 0 Å². The molecule has 0 radical (unpaired) electrons. The van der Waals surface area contributed by atoms with E-state index in [1.807, 2.05) is 54.6 Å². The lowest BCUT2D eigenvalue weighted by atomic mass is 10.1. The molecule has 0 unspecified atom stereocenters. The number of nitrogens with one attached hydrogen (secondary N) is 1. The number of para-hydroxylation sites is 1. The molecule has 1 N–H and O–H groups in total. The van der Waals surface area contributed by atoms with Crippen molar-refractivity contribution in [2.45, 2.75) is 11.6 Å². The first-order chi connectivity index (χ1) is 16.2. The van der Waals surface area contributed by atoms with Crippen molar-refractivity contribution in [3.63, 3.8) is 0 Å². The minimum Gasteiger partial charge on any atom is -0.497 e. The van der Waals surface area contributed by atoms with Crippen molar-refractivity contribution in [3.05, 3.63) is 90.2 Å². The summed E-state index contributed by atoms with van der Waals surface area (Å²) in [5.41, 5.74) is 2.26. The van der Waals surface area contributed by atoms with Crippen LogP contribution in [0, 0.1) is 5.82 Å². The van der Waals surface area contributed by atoms with Gasteiger partial charge in [-0.2, -0.15) is 0 Å². The molecule has 0 fully saturated rings. The summed E-state index contributed by atoms with van der Waals surface area (Å²) in [6, 6.07) is 23.7. The largest absolute Gasteiger partial charge is 0.497 e. The van der Waals surface area contributed by atoms with Crippen LogP contribution in [0.25, 0.3) is 17.1 Å². The number of rotatable bonds is 9. The summed E-state index contributed by atoms with van der Waals surface area (Å²) >= 11 is 1.26. The van der Waals surface area contributed by atoms with E-state index in [0.717, 1.165) is 23.4 Å². The van der Waals surface area contributed by atoms with Gasteiger partial charge in [-0.25, -0.2) is 4.39 Å². The van der Waals surface area contributed by atoms with Crippen LogP contribution in [0.15, 0.2) is 84.0 Å². The topological polar surface area (TPSA) is 69.0 Å². The average molecular weight is 463 g/mol. The zero-order valence-corrected chi connectivity index (χ0v) is 18.9. The third-order valence-corrected chi connectivity index (χ3v) is 5.92. The van der Waals surface area contributed by atoms with Gasteiger partial charge in [-0.15, -0.1) is 10.2 Å². The summed E-state index contributed by atoms with van der Waals surface area (Å²) in [6.07, 6.45) is 0.720. The number of thioether (sulfide) groups is 1. The van der Waals surface area contributed by atoms with E-state index >= 15 is 0 Å². The zero-order valence-electron chi connectivity index (χ0n) is 18.1. The van der Waals surface area contributed by atoms with Crippen LogP contribution in [-0.2, 0) is 11.2 Å². The molecule has 0 aliphatic carbocycles. The van der Waals surface area contributed by atoms with Crippen LogP contribution in [0.2, 0.25) is 0 Å². The van der Waals surface area contributed by atoms with Crippen LogP contribution in [0.4, 0.5) is 4.39 Å². The third kappa shape index (κ3) is 5.59. The molecular formula is C25H23FN4O2S. The predicted octanol–water partition coefficient (Wildman–Crippen LogP) is 4.53. The highest BCUT2D eigenvalue weighted by molar-refractivity contribution is 7.99. The second kappa shape index (κ2) is 10.8. The van der Waals surface area contributed by atoms with Crippen molar-refractivity contribution in [2.75, 3.05) is 19.4 Å². The molecule has 0 aliphatic rings. The van der Waals surface area contributed by atoms with Crippen LogP contribution in [0.3, 0.4) is 0 Å². The maximum Gasteiger partial charge on any atom is 0.230 e. The SMILES string of the molecule is COc1ccc(CCNC(=O)CSc2nnc(-c3ccccc3F)n2-c2ccccc2)cc1. The highest BCUT2D eigenvalue weighted by Gasteiger charge is 2.19. The average Bonchev–Trinajstić information content (AvgIpc) is 3.28. The van der Waals surface area contributed by atoms with Crippen molar-refractivity contribution >= 4 is 17.7 Å².